The van der Waals surface area contributed by atoms with E-state index in [2.05, 4.69) is 0 Å². The molecule has 0 aliphatic heterocycles. The number of aliphatic hydroxyl groups excluding tert-OH is 1. The second-order valence-electron chi connectivity index (χ2n) is 1.32. The zero-order valence-corrected chi connectivity index (χ0v) is 4.84. The molecule has 0 bridgehead atoms. The van der Waals surface area contributed by atoms with Crippen molar-refractivity contribution < 1.29 is 10.0 Å². The van der Waals surface area contributed by atoms with E-state index in [-0.39, 0.29) is 5.88 Å². The van der Waals surface area contributed by atoms with Crippen molar-refractivity contribution in [3.05, 3.63) is 10.1 Å². The number of hydrogen-bond donors (Lipinski definition) is 1. The van der Waals surface area contributed by atoms with Gasteiger partial charge in [-0.2, -0.15) is 0 Å². The molecule has 4 nitrogen and oxygen atoms in total. The maximum atomic E-state index is 9.56. The molecule has 5 heteroatoms. The third-order valence-corrected chi connectivity index (χ3v) is 0.894. The van der Waals surface area contributed by atoms with Gasteiger partial charge in [0, 0.05) is 4.92 Å². The van der Waals surface area contributed by atoms with Crippen molar-refractivity contribution >= 4 is 11.6 Å². The Balaban J connectivity index is 3.24. The summed E-state index contributed by atoms with van der Waals surface area (Å²) in [5, 5.41) is 18.0. The van der Waals surface area contributed by atoms with Gasteiger partial charge in [-0.25, -0.2) is 0 Å². The van der Waals surface area contributed by atoms with Crippen LogP contribution in [0.15, 0.2) is 0 Å². The van der Waals surface area contributed by atoms with Gasteiger partial charge < -0.3 is 5.11 Å². The van der Waals surface area contributed by atoms with Crippen LogP contribution in [0.4, 0.5) is 0 Å². The van der Waals surface area contributed by atoms with Crippen molar-refractivity contribution in [2.75, 3.05) is 12.4 Å². The Labute approximate surface area is 51.2 Å². The Bertz CT molecular complexity index is 86.6. The average molecular weight is 140 g/mol. The predicted molar refractivity (Wildman–Crippen MR) is 28.6 cm³/mol. The highest BCUT2D eigenvalue weighted by Gasteiger charge is 2.07. The Morgan fingerprint density at radius 1 is 1.88 bits per heavy atom. The first-order chi connectivity index (χ1) is 3.66. The van der Waals surface area contributed by atoms with Crippen LogP contribution in [0.1, 0.15) is 0 Å². The molecule has 1 N–H and O–H groups in total. The fraction of sp³-hybridized carbons (Fsp3) is 1.00. The zero-order chi connectivity index (χ0) is 6.57. The van der Waals surface area contributed by atoms with Crippen LogP contribution in [0.5, 0.6) is 0 Å². The van der Waals surface area contributed by atoms with Gasteiger partial charge in [-0.1, -0.05) is 0 Å². The summed E-state index contributed by atoms with van der Waals surface area (Å²) in [6.45, 7) is -0.469. The minimum absolute atomic E-state index is 0.0824. The summed E-state index contributed by atoms with van der Waals surface area (Å²) in [5.41, 5.74) is 0. The van der Waals surface area contributed by atoms with Gasteiger partial charge in [0.25, 0.3) is 0 Å². The molecule has 0 aromatic heterocycles. The fourth-order valence-corrected chi connectivity index (χ4v) is 0.318. The molecular weight excluding hydrogens is 133 g/mol. The SMILES string of the molecule is O=[N+]([O-])C[C@@H](O)CCl. The number of nitro groups is 1. The number of nitrogens with zero attached hydrogens (tertiary/aromatic N) is 1. The molecule has 0 rings (SSSR count). The first kappa shape index (κ1) is 7.65. The Morgan fingerprint density at radius 3 is 2.50 bits per heavy atom. The number of alkyl halides is 1. The molecule has 48 valence electrons. The molecule has 0 unspecified atom stereocenters. The molecule has 1 atom stereocenters. The zero-order valence-electron chi connectivity index (χ0n) is 4.08. The smallest absolute Gasteiger partial charge is 0.230 e. The van der Waals surface area contributed by atoms with Crippen LogP contribution in [0.3, 0.4) is 0 Å². The highest BCUT2D eigenvalue weighted by atomic mass is 35.5. The molecule has 0 fully saturated rings. The summed E-state index contributed by atoms with van der Waals surface area (Å²) in [4.78, 5) is 8.95. The number of hydrogen-bond acceptors (Lipinski definition) is 3. The molecule has 0 aromatic rings. The van der Waals surface area contributed by atoms with Crippen LogP contribution in [-0.4, -0.2) is 28.6 Å². The third-order valence-electron chi connectivity index (χ3n) is 0.538. The largest absolute Gasteiger partial charge is 0.385 e. The number of rotatable bonds is 3. The van der Waals surface area contributed by atoms with E-state index in [0.29, 0.717) is 0 Å². The summed E-state index contributed by atoms with van der Waals surface area (Å²) >= 11 is 5.04. The van der Waals surface area contributed by atoms with Crippen LogP contribution >= 0.6 is 11.6 Å². The van der Waals surface area contributed by atoms with Crippen molar-refractivity contribution in [2.24, 2.45) is 0 Å². The van der Waals surface area contributed by atoms with Crippen molar-refractivity contribution in [1.29, 1.82) is 0 Å². The predicted octanol–water partition coefficient (Wildman–Crippen LogP) is -0.137. The summed E-state index contributed by atoms with van der Waals surface area (Å²) < 4.78 is 0. The van der Waals surface area contributed by atoms with Gasteiger partial charge in [-0.05, 0) is 0 Å². The third kappa shape index (κ3) is 3.83. The van der Waals surface area contributed by atoms with Crippen LogP contribution in [-0.2, 0) is 0 Å². The molecular formula is C3H6ClNO3. The Hall–Kier alpha value is -0.350. The molecule has 0 heterocycles. The molecule has 8 heavy (non-hydrogen) atoms. The lowest BCUT2D eigenvalue weighted by Gasteiger charge is -1.96. The van der Waals surface area contributed by atoms with Gasteiger partial charge >= 0.3 is 0 Å². The van der Waals surface area contributed by atoms with E-state index in [9.17, 15) is 10.1 Å². The van der Waals surface area contributed by atoms with E-state index < -0.39 is 17.6 Å². The number of aliphatic hydroxyl groups is 1. The minimum Gasteiger partial charge on any atom is -0.385 e. The molecule has 0 spiro atoms. The molecule has 0 saturated carbocycles. The summed E-state index contributed by atoms with van der Waals surface area (Å²) in [5.74, 6) is -0.0824. The van der Waals surface area contributed by atoms with Gasteiger partial charge in [0.1, 0.15) is 6.10 Å². The van der Waals surface area contributed by atoms with Gasteiger partial charge in [0.15, 0.2) is 0 Å². The Kier molecular flexibility index (Phi) is 3.47. The van der Waals surface area contributed by atoms with E-state index in [4.69, 9.17) is 16.7 Å². The first-order valence-corrected chi connectivity index (χ1v) is 2.56. The van der Waals surface area contributed by atoms with Crippen molar-refractivity contribution in [1.82, 2.24) is 0 Å². The maximum Gasteiger partial charge on any atom is 0.230 e. The monoisotopic (exact) mass is 139 g/mol. The van der Waals surface area contributed by atoms with Crippen LogP contribution in [0.2, 0.25) is 0 Å². The summed E-state index contributed by atoms with van der Waals surface area (Å²) in [6.07, 6.45) is -1.01. The summed E-state index contributed by atoms with van der Waals surface area (Å²) in [6, 6.07) is 0. The van der Waals surface area contributed by atoms with Crippen LogP contribution in [0.25, 0.3) is 0 Å². The van der Waals surface area contributed by atoms with Gasteiger partial charge in [0.05, 0.1) is 5.88 Å². The molecule has 0 aromatic carbocycles. The quantitative estimate of drug-likeness (QED) is 0.336. The normalized spacial score (nSPS) is 13.2. The molecule has 0 radical (unpaired) electrons. The second kappa shape index (κ2) is 3.63. The van der Waals surface area contributed by atoms with E-state index in [1.807, 2.05) is 0 Å². The van der Waals surface area contributed by atoms with E-state index >= 15 is 0 Å². The van der Waals surface area contributed by atoms with Crippen molar-refractivity contribution in [3.8, 4) is 0 Å². The minimum atomic E-state index is -1.01. The van der Waals surface area contributed by atoms with E-state index in [1.54, 1.807) is 0 Å². The van der Waals surface area contributed by atoms with Crippen molar-refractivity contribution in [3.63, 3.8) is 0 Å². The van der Waals surface area contributed by atoms with E-state index in [1.165, 1.54) is 0 Å². The standard InChI is InChI=1S/C3H6ClNO3/c4-1-3(6)2-5(7)8/h3,6H,1-2H2/t3-/m0/s1. The second-order valence-corrected chi connectivity index (χ2v) is 1.63. The summed E-state index contributed by atoms with van der Waals surface area (Å²) in [7, 11) is 0. The van der Waals surface area contributed by atoms with Gasteiger partial charge in [-0.3, -0.25) is 10.1 Å². The highest BCUT2D eigenvalue weighted by Crippen LogP contribution is 1.86. The molecule has 0 saturated heterocycles. The molecule has 0 aliphatic rings. The van der Waals surface area contributed by atoms with Crippen molar-refractivity contribution in [2.45, 2.75) is 6.10 Å². The Morgan fingerprint density at radius 2 is 2.38 bits per heavy atom. The lowest BCUT2D eigenvalue weighted by molar-refractivity contribution is -0.489. The lowest BCUT2D eigenvalue weighted by Crippen LogP contribution is -2.20. The van der Waals surface area contributed by atoms with Gasteiger partial charge in [-0.15, -0.1) is 11.6 Å². The van der Waals surface area contributed by atoms with E-state index in [0.717, 1.165) is 0 Å². The molecule has 0 amide bonds. The maximum absolute atomic E-state index is 9.56. The first-order valence-electron chi connectivity index (χ1n) is 2.02. The topological polar surface area (TPSA) is 63.4 Å². The fourth-order valence-electron chi connectivity index (χ4n) is 0.221. The average Bonchev–Trinajstić information content (AvgIpc) is 1.65. The van der Waals surface area contributed by atoms with Crippen LogP contribution < -0.4 is 0 Å². The molecule has 0 aliphatic carbocycles. The van der Waals surface area contributed by atoms with Crippen LogP contribution in [0, 0.1) is 10.1 Å². The number of halogens is 1. The van der Waals surface area contributed by atoms with Gasteiger partial charge in [0.2, 0.25) is 6.54 Å². The lowest BCUT2D eigenvalue weighted by atomic mass is 10.4. The highest BCUT2D eigenvalue weighted by molar-refractivity contribution is 6.18.